The van der Waals surface area contributed by atoms with E-state index in [9.17, 15) is 0 Å². The minimum Gasteiger partial charge on any atom is -0.467 e. The summed E-state index contributed by atoms with van der Waals surface area (Å²) < 4.78 is 10.7. The number of benzene rings is 2. The van der Waals surface area contributed by atoms with Crippen LogP contribution < -0.4 is 20.7 Å². The monoisotopic (exact) mass is 331 g/mol. The summed E-state index contributed by atoms with van der Waals surface area (Å²) in [4.78, 5) is 0. The fourth-order valence-electron chi connectivity index (χ4n) is 2.32. The highest BCUT2D eigenvalue weighted by molar-refractivity contribution is 7.56. The van der Waals surface area contributed by atoms with Gasteiger partial charge < -0.3 is 14.8 Å². The van der Waals surface area contributed by atoms with Crippen LogP contribution in [0.2, 0.25) is 0 Å². The molecule has 0 heterocycles. The number of hydrogen-bond acceptors (Lipinski definition) is 3. The van der Waals surface area contributed by atoms with Crippen LogP contribution in [-0.4, -0.2) is 19.9 Å². The smallest absolute Gasteiger partial charge is 0.188 e. The van der Waals surface area contributed by atoms with Crippen molar-refractivity contribution in [3.8, 4) is 5.75 Å². The molecule has 3 nitrogen and oxygen atoms in total. The van der Waals surface area contributed by atoms with Crippen molar-refractivity contribution in [1.29, 1.82) is 0 Å². The molecule has 0 aromatic heterocycles. The molecule has 1 atom stereocenters. The maximum Gasteiger partial charge on any atom is 0.188 e. The minimum atomic E-state index is 0.275. The summed E-state index contributed by atoms with van der Waals surface area (Å²) in [5, 5.41) is 6.13. The molecule has 0 spiro atoms. The lowest BCUT2D eigenvalue weighted by Crippen LogP contribution is -2.25. The van der Waals surface area contributed by atoms with E-state index in [0.717, 1.165) is 12.3 Å². The van der Waals surface area contributed by atoms with Gasteiger partial charge in [-0.25, -0.2) is 0 Å². The predicted molar refractivity (Wildman–Crippen MR) is 99.7 cm³/mol. The number of rotatable bonds is 8. The van der Waals surface area contributed by atoms with E-state index in [1.54, 1.807) is 7.11 Å². The third-order valence-electron chi connectivity index (χ3n) is 3.54. The number of para-hydroxylation sites is 1. The van der Waals surface area contributed by atoms with Crippen molar-refractivity contribution in [2.24, 2.45) is 0 Å². The van der Waals surface area contributed by atoms with Gasteiger partial charge in [-0.3, -0.25) is 0 Å². The lowest BCUT2D eigenvalue weighted by atomic mass is 10.1. The van der Waals surface area contributed by atoms with Gasteiger partial charge in [0.15, 0.2) is 6.79 Å². The van der Waals surface area contributed by atoms with Gasteiger partial charge in [-0.1, -0.05) is 58.8 Å². The summed E-state index contributed by atoms with van der Waals surface area (Å²) in [7, 11) is 2.21. The molecule has 2 rings (SSSR count). The predicted octanol–water partition coefficient (Wildman–Crippen LogP) is 3.11. The summed E-state index contributed by atoms with van der Waals surface area (Å²) in [6, 6.07) is 15.2. The van der Waals surface area contributed by atoms with Gasteiger partial charge in [-0.15, -0.1) is 0 Å². The Bertz CT molecular complexity index is 629. The second-order valence-corrected chi connectivity index (χ2v) is 7.11. The molecule has 0 fully saturated rings. The van der Waals surface area contributed by atoms with E-state index >= 15 is 0 Å². The molecule has 1 N–H and O–H groups in total. The second-order valence-electron chi connectivity index (χ2n) is 5.82. The molecule has 2 aromatic carbocycles. The molecule has 0 amide bonds. The topological polar surface area (TPSA) is 30.5 Å². The molecule has 0 saturated carbocycles. The molecule has 0 aliphatic heterocycles. The molecule has 1 unspecified atom stereocenters. The first-order valence-corrected chi connectivity index (χ1v) is 8.91. The first-order chi connectivity index (χ1) is 11.1. The SMILES string of the molecule is COCOc1ccccc1Pc1c(C)cccc1CNC(C)C. The van der Waals surface area contributed by atoms with Gasteiger partial charge >= 0.3 is 0 Å². The van der Waals surface area contributed by atoms with Crippen LogP contribution in [0.5, 0.6) is 5.75 Å². The van der Waals surface area contributed by atoms with E-state index < -0.39 is 0 Å². The number of hydrogen-bond donors (Lipinski definition) is 1. The zero-order valence-corrected chi connectivity index (χ0v) is 15.3. The van der Waals surface area contributed by atoms with Crippen molar-refractivity contribution in [3.05, 3.63) is 53.6 Å². The summed E-state index contributed by atoms with van der Waals surface area (Å²) in [5.41, 5.74) is 2.69. The van der Waals surface area contributed by atoms with Crippen LogP contribution in [0, 0.1) is 6.92 Å². The van der Waals surface area contributed by atoms with E-state index in [0.29, 0.717) is 14.6 Å². The first kappa shape index (κ1) is 17.9. The Kier molecular flexibility index (Phi) is 7.04. The van der Waals surface area contributed by atoms with Crippen LogP contribution in [-0.2, 0) is 11.3 Å². The molecule has 4 heteroatoms. The summed E-state index contributed by atoms with van der Waals surface area (Å²) >= 11 is 0. The Balaban J connectivity index is 2.25. The van der Waals surface area contributed by atoms with Crippen LogP contribution in [0.15, 0.2) is 42.5 Å². The number of aryl methyl sites for hydroxylation is 1. The third-order valence-corrected chi connectivity index (χ3v) is 5.19. The number of ether oxygens (including phenoxy) is 2. The Morgan fingerprint density at radius 2 is 1.87 bits per heavy atom. The zero-order valence-electron chi connectivity index (χ0n) is 14.3. The van der Waals surface area contributed by atoms with E-state index in [4.69, 9.17) is 9.47 Å². The normalized spacial score (nSPS) is 11.5. The van der Waals surface area contributed by atoms with Gasteiger partial charge in [0.25, 0.3) is 0 Å². The van der Waals surface area contributed by atoms with Crippen molar-refractivity contribution in [2.75, 3.05) is 13.9 Å². The van der Waals surface area contributed by atoms with E-state index in [1.807, 2.05) is 12.1 Å². The van der Waals surface area contributed by atoms with E-state index in [2.05, 4.69) is 56.4 Å². The van der Waals surface area contributed by atoms with Crippen LogP contribution in [0.25, 0.3) is 0 Å². The zero-order chi connectivity index (χ0) is 16.7. The molecular formula is C19H26NO2P. The van der Waals surface area contributed by atoms with Gasteiger partial charge in [-0.05, 0) is 29.4 Å². The largest absolute Gasteiger partial charge is 0.467 e. The van der Waals surface area contributed by atoms with Crippen molar-refractivity contribution < 1.29 is 9.47 Å². The van der Waals surface area contributed by atoms with Gasteiger partial charge in [0.2, 0.25) is 0 Å². The fraction of sp³-hybridized carbons (Fsp3) is 0.368. The quantitative estimate of drug-likeness (QED) is 0.596. The van der Waals surface area contributed by atoms with E-state index in [1.165, 1.54) is 21.7 Å². The molecule has 0 aliphatic carbocycles. The van der Waals surface area contributed by atoms with Crippen LogP contribution in [0.1, 0.15) is 25.0 Å². The highest BCUT2D eigenvalue weighted by atomic mass is 31.1. The molecule has 0 bridgehead atoms. The van der Waals surface area contributed by atoms with E-state index in [-0.39, 0.29) is 6.79 Å². The molecule has 0 saturated heterocycles. The maximum atomic E-state index is 5.71. The summed E-state index contributed by atoms with van der Waals surface area (Å²) in [6.07, 6.45) is 0. The maximum absolute atomic E-state index is 5.71. The lowest BCUT2D eigenvalue weighted by Gasteiger charge is -2.17. The average molecular weight is 331 g/mol. The first-order valence-electron chi connectivity index (χ1n) is 7.91. The highest BCUT2D eigenvalue weighted by Crippen LogP contribution is 2.22. The number of nitrogens with one attached hydrogen (secondary N) is 1. The van der Waals surface area contributed by atoms with Gasteiger partial charge in [0.1, 0.15) is 5.75 Å². The third kappa shape index (κ3) is 5.31. The Morgan fingerprint density at radius 1 is 1.09 bits per heavy atom. The fourth-order valence-corrected chi connectivity index (χ4v) is 3.66. The molecule has 0 aliphatic rings. The summed E-state index contributed by atoms with van der Waals surface area (Å²) in [5.74, 6) is 0.902. The minimum absolute atomic E-state index is 0.275. The van der Waals surface area contributed by atoms with Gasteiger partial charge in [0, 0.05) is 25.0 Å². The Hall–Kier alpha value is -1.41. The lowest BCUT2D eigenvalue weighted by molar-refractivity contribution is 0.0519. The molecule has 0 radical (unpaired) electrons. The molecule has 23 heavy (non-hydrogen) atoms. The van der Waals surface area contributed by atoms with Crippen molar-refractivity contribution in [2.45, 2.75) is 33.4 Å². The van der Waals surface area contributed by atoms with Crippen molar-refractivity contribution in [1.82, 2.24) is 5.32 Å². The average Bonchev–Trinajstić information content (AvgIpc) is 2.54. The van der Waals surface area contributed by atoms with Gasteiger partial charge in [-0.2, -0.15) is 0 Å². The van der Waals surface area contributed by atoms with Crippen molar-refractivity contribution >= 4 is 19.2 Å². The number of methoxy groups -OCH3 is 1. The standard InChI is InChI=1S/C19H26NO2P/c1-14(2)20-12-16-9-7-8-15(3)19(16)23-18-11-6-5-10-17(18)22-13-21-4/h5-11,14,20,23H,12-13H2,1-4H3. The molecular weight excluding hydrogens is 305 g/mol. The Labute approximate surface area is 141 Å². The summed E-state index contributed by atoms with van der Waals surface area (Å²) in [6.45, 7) is 7.69. The van der Waals surface area contributed by atoms with Crippen LogP contribution >= 0.6 is 8.58 Å². The van der Waals surface area contributed by atoms with Crippen LogP contribution in [0.4, 0.5) is 0 Å². The molecule has 2 aromatic rings. The Morgan fingerprint density at radius 3 is 2.61 bits per heavy atom. The highest BCUT2D eigenvalue weighted by Gasteiger charge is 2.10. The molecule has 124 valence electrons. The van der Waals surface area contributed by atoms with Crippen LogP contribution in [0.3, 0.4) is 0 Å². The second kappa shape index (κ2) is 9.02. The van der Waals surface area contributed by atoms with Gasteiger partial charge in [0.05, 0.1) is 0 Å². The van der Waals surface area contributed by atoms with Crippen molar-refractivity contribution in [3.63, 3.8) is 0 Å².